The lowest BCUT2D eigenvalue weighted by Crippen LogP contribution is -2.43. The number of nitrogens with one attached hydrogen (secondary N) is 1. The van der Waals surface area contributed by atoms with E-state index in [9.17, 15) is 9.18 Å². The Morgan fingerprint density at radius 2 is 2.06 bits per heavy atom. The average Bonchev–Trinajstić information content (AvgIpc) is 3.28. The molecule has 0 unspecified atom stereocenters. The molecule has 5 rings (SSSR count). The van der Waals surface area contributed by atoms with Gasteiger partial charge in [0.1, 0.15) is 11.3 Å². The first kappa shape index (κ1) is 23.3. The third-order valence-electron chi connectivity index (χ3n) is 6.57. The zero-order valence-electron chi connectivity index (χ0n) is 19.8. The molecule has 1 aliphatic rings. The number of piperidine rings is 1. The van der Waals surface area contributed by atoms with Crippen molar-refractivity contribution in [2.45, 2.75) is 33.2 Å². The number of nitrogens with zero attached hydrogens (tertiary/aromatic N) is 4. The number of aryl methyl sites for hydroxylation is 2. The Hall–Kier alpha value is -3.45. The predicted octanol–water partition coefficient (Wildman–Crippen LogP) is 5.34. The first-order chi connectivity index (χ1) is 16.9. The van der Waals surface area contributed by atoms with E-state index < -0.39 is 5.82 Å². The highest BCUT2D eigenvalue weighted by Gasteiger charge is 2.28. The summed E-state index contributed by atoms with van der Waals surface area (Å²) in [6, 6.07) is 12.9. The molecule has 35 heavy (non-hydrogen) atoms. The predicted molar refractivity (Wildman–Crippen MR) is 136 cm³/mol. The van der Waals surface area contributed by atoms with Gasteiger partial charge in [-0.2, -0.15) is 5.10 Å². The second-order valence-corrected chi connectivity index (χ2v) is 9.59. The Kier molecular flexibility index (Phi) is 6.43. The highest BCUT2D eigenvalue weighted by atomic mass is 35.5. The molecule has 1 aliphatic heterocycles. The highest BCUT2D eigenvalue weighted by Crippen LogP contribution is 2.30. The van der Waals surface area contributed by atoms with Gasteiger partial charge >= 0.3 is 0 Å². The minimum absolute atomic E-state index is 0.0217. The van der Waals surface area contributed by atoms with Crippen molar-refractivity contribution in [3.8, 4) is 11.3 Å². The van der Waals surface area contributed by atoms with Gasteiger partial charge in [0.15, 0.2) is 5.82 Å². The number of carbonyl (C=O) groups is 1. The fraction of sp³-hybridized carbons (Fsp3) is 0.296. The largest absolute Gasteiger partial charge is 0.354 e. The van der Waals surface area contributed by atoms with E-state index >= 15 is 0 Å². The Balaban J connectivity index is 1.33. The maximum Gasteiger partial charge on any atom is 0.225 e. The first-order valence-corrected chi connectivity index (χ1v) is 12.2. The summed E-state index contributed by atoms with van der Waals surface area (Å²) in [5.41, 5.74) is 6.09. The van der Waals surface area contributed by atoms with Crippen LogP contribution in [0.4, 0.5) is 10.2 Å². The topological polar surface area (TPSA) is 62.5 Å². The van der Waals surface area contributed by atoms with Crippen molar-refractivity contribution in [2.24, 2.45) is 5.92 Å². The fourth-order valence-electron chi connectivity index (χ4n) is 4.75. The van der Waals surface area contributed by atoms with E-state index in [2.05, 4.69) is 53.3 Å². The molecule has 1 amide bonds. The van der Waals surface area contributed by atoms with Gasteiger partial charge in [-0.1, -0.05) is 41.4 Å². The molecule has 1 fully saturated rings. The number of hydrogen-bond donors (Lipinski definition) is 1. The van der Waals surface area contributed by atoms with Crippen LogP contribution >= 0.6 is 11.6 Å². The van der Waals surface area contributed by atoms with E-state index in [1.165, 1.54) is 17.2 Å². The maximum absolute atomic E-state index is 13.4. The number of aromatic nitrogens is 3. The van der Waals surface area contributed by atoms with E-state index in [4.69, 9.17) is 16.7 Å². The third-order valence-corrected chi connectivity index (χ3v) is 6.86. The second-order valence-electron chi connectivity index (χ2n) is 9.18. The first-order valence-electron chi connectivity index (χ1n) is 11.8. The summed E-state index contributed by atoms with van der Waals surface area (Å²) in [6.07, 6.45) is 5.31. The van der Waals surface area contributed by atoms with Crippen molar-refractivity contribution in [3.63, 3.8) is 0 Å². The van der Waals surface area contributed by atoms with Gasteiger partial charge in [-0.15, -0.1) is 0 Å². The van der Waals surface area contributed by atoms with Gasteiger partial charge in [0, 0.05) is 37.6 Å². The van der Waals surface area contributed by atoms with Crippen LogP contribution < -0.4 is 10.2 Å². The van der Waals surface area contributed by atoms with E-state index in [1.54, 1.807) is 18.3 Å². The molecule has 180 valence electrons. The molecule has 0 saturated carbocycles. The quantitative estimate of drug-likeness (QED) is 0.409. The molecule has 8 heteroatoms. The standard InChI is InChI=1S/C27H27ClFN5O/c1-17-5-7-21(18(2)12-17)24-14-25-26(30-9-11-34(25)32-24)33-10-3-4-20(16-33)27(35)31-15-19-6-8-23(29)22(28)13-19/h5-9,11-14,20H,3-4,10,15-16H2,1-2H3,(H,31,35)/t20-/m0/s1. The monoisotopic (exact) mass is 491 g/mol. The van der Waals surface area contributed by atoms with Gasteiger partial charge in [0.2, 0.25) is 5.91 Å². The lowest BCUT2D eigenvalue weighted by atomic mass is 9.97. The SMILES string of the molecule is Cc1ccc(-c2cc3c(N4CCC[C@H](C(=O)NCc5ccc(F)c(Cl)c5)C4)nccn3n2)c(C)c1. The number of rotatable bonds is 5. The number of anilines is 1. The Bertz CT molecular complexity index is 1400. The van der Waals surface area contributed by atoms with Crippen LogP contribution in [0, 0.1) is 25.6 Å². The van der Waals surface area contributed by atoms with Crippen LogP contribution in [0.3, 0.4) is 0 Å². The Labute approximate surface area is 208 Å². The minimum Gasteiger partial charge on any atom is -0.354 e. The van der Waals surface area contributed by atoms with Crippen LogP contribution in [0.25, 0.3) is 16.8 Å². The molecule has 0 bridgehead atoms. The molecule has 1 atom stereocenters. The lowest BCUT2D eigenvalue weighted by Gasteiger charge is -2.33. The second kappa shape index (κ2) is 9.66. The number of carbonyl (C=O) groups excluding carboxylic acids is 1. The van der Waals surface area contributed by atoms with Gasteiger partial charge < -0.3 is 10.2 Å². The van der Waals surface area contributed by atoms with Crippen LogP contribution in [0.15, 0.2) is 54.9 Å². The summed E-state index contributed by atoms with van der Waals surface area (Å²) >= 11 is 5.86. The van der Waals surface area contributed by atoms with Gasteiger partial charge in [-0.3, -0.25) is 4.79 Å². The molecule has 1 saturated heterocycles. The van der Waals surface area contributed by atoms with E-state index in [1.807, 2.05) is 10.7 Å². The summed E-state index contributed by atoms with van der Waals surface area (Å²) in [5, 5.41) is 7.83. The number of benzene rings is 2. The molecule has 6 nitrogen and oxygen atoms in total. The van der Waals surface area contributed by atoms with E-state index in [-0.39, 0.29) is 16.8 Å². The molecule has 0 spiro atoms. The molecule has 0 radical (unpaired) electrons. The van der Waals surface area contributed by atoms with Crippen molar-refractivity contribution in [1.29, 1.82) is 0 Å². The summed E-state index contributed by atoms with van der Waals surface area (Å²) < 4.78 is 15.3. The van der Waals surface area contributed by atoms with Crippen molar-refractivity contribution in [2.75, 3.05) is 18.0 Å². The molecule has 3 heterocycles. The van der Waals surface area contributed by atoms with Gasteiger partial charge in [0.05, 0.1) is 16.6 Å². The number of fused-ring (bicyclic) bond motifs is 1. The summed E-state index contributed by atoms with van der Waals surface area (Å²) in [6.45, 7) is 5.89. The highest BCUT2D eigenvalue weighted by molar-refractivity contribution is 6.30. The molecule has 1 N–H and O–H groups in total. The molecular formula is C27H27ClFN5O. The minimum atomic E-state index is -0.466. The molecule has 2 aromatic heterocycles. The number of halogens is 2. The molecular weight excluding hydrogens is 465 g/mol. The number of amides is 1. The Morgan fingerprint density at radius 3 is 2.86 bits per heavy atom. The van der Waals surface area contributed by atoms with Crippen LogP contribution in [0.2, 0.25) is 5.02 Å². The zero-order chi connectivity index (χ0) is 24.5. The van der Waals surface area contributed by atoms with E-state index in [0.29, 0.717) is 13.1 Å². The smallest absolute Gasteiger partial charge is 0.225 e. The molecule has 4 aromatic rings. The summed E-state index contributed by atoms with van der Waals surface area (Å²) in [7, 11) is 0. The van der Waals surface area contributed by atoms with Gasteiger partial charge in [-0.05, 0) is 56.0 Å². The van der Waals surface area contributed by atoms with Crippen LogP contribution in [-0.4, -0.2) is 33.6 Å². The maximum atomic E-state index is 13.4. The lowest BCUT2D eigenvalue weighted by molar-refractivity contribution is -0.125. The van der Waals surface area contributed by atoms with Crippen molar-refractivity contribution < 1.29 is 9.18 Å². The average molecular weight is 492 g/mol. The summed E-state index contributed by atoms with van der Waals surface area (Å²) in [5.74, 6) is 0.181. The fourth-order valence-corrected chi connectivity index (χ4v) is 4.95. The summed E-state index contributed by atoms with van der Waals surface area (Å²) in [4.78, 5) is 19.8. The zero-order valence-corrected chi connectivity index (χ0v) is 20.5. The number of hydrogen-bond acceptors (Lipinski definition) is 4. The van der Waals surface area contributed by atoms with Gasteiger partial charge in [0.25, 0.3) is 0 Å². The third kappa shape index (κ3) is 4.86. The molecule has 0 aliphatic carbocycles. The van der Waals surface area contributed by atoms with Crippen molar-refractivity contribution in [1.82, 2.24) is 19.9 Å². The normalized spacial score (nSPS) is 16.0. The molecule has 2 aromatic carbocycles. The van der Waals surface area contributed by atoms with Crippen molar-refractivity contribution >= 4 is 28.8 Å². The van der Waals surface area contributed by atoms with Crippen LogP contribution in [0.1, 0.15) is 29.5 Å². The van der Waals surface area contributed by atoms with Crippen molar-refractivity contribution in [3.05, 3.63) is 82.4 Å². The van der Waals surface area contributed by atoms with E-state index in [0.717, 1.165) is 47.5 Å². The van der Waals surface area contributed by atoms with Crippen LogP contribution in [-0.2, 0) is 11.3 Å². The van der Waals surface area contributed by atoms with Crippen LogP contribution in [0.5, 0.6) is 0 Å². The Morgan fingerprint density at radius 1 is 1.20 bits per heavy atom. The van der Waals surface area contributed by atoms with Gasteiger partial charge in [-0.25, -0.2) is 13.9 Å².